The molecule has 78 valence electrons. The third-order valence-electron chi connectivity index (χ3n) is 1.76. The number of oxazole rings is 1. The van der Waals surface area contributed by atoms with E-state index in [9.17, 15) is 0 Å². The zero-order valence-electron chi connectivity index (χ0n) is 7.71. The van der Waals surface area contributed by atoms with Crippen LogP contribution in [0.25, 0.3) is 0 Å². The Morgan fingerprint density at radius 3 is 2.93 bits per heavy atom. The van der Waals surface area contributed by atoms with Gasteiger partial charge in [-0.15, -0.1) is 11.6 Å². The number of hydrogen-bond donors (Lipinski definition) is 1. The summed E-state index contributed by atoms with van der Waals surface area (Å²) in [5.41, 5.74) is 1.52. The predicted octanol–water partition coefficient (Wildman–Crippen LogP) is 3.81. The molecule has 2 aromatic rings. The van der Waals surface area contributed by atoms with Gasteiger partial charge in [-0.05, 0) is 18.2 Å². The van der Waals surface area contributed by atoms with Crippen molar-refractivity contribution in [3.8, 4) is 0 Å². The molecule has 0 atom stereocenters. The highest BCUT2D eigenvalue weighted by atomic mass is 35.5. The summed E-state index contributed by atoms with van der Waals surface area (Å²) in [7, 11) is 0. The van der Waals surface area contributed by atoms with Crippen molar-refractivity contribution in [1.82, 2.24) is 4.98 Å². The van der Waals surface area contributed by atoms with Crippen LogP contribution < -0.4 is 5.32 Å². The Hall–Kier alpha value is -1.19. The average Bonchev–Trinajstić information content (AvgIpc) is 2.65. The first-order valence-corrected chi connectivity index (χ1v) is 5.22. The summed E-state index contributed by atoms with van der Waals surface area (Å²) < 4.78 is 5.15. The van der Waals surface area contributed by atoms with Crippen molar-refractivity contribution in [3.05, 3.63) is 41.2 Å². The fraction of sp³-hybridized carbons (Fsp3) is 0.100. The van der Waals surface area contributed by atoms with Crippen LogP contribution in [0.4, 0.5) is 11.7 Å². The molecular weight excluding hydrogens is 235 g/mol. The first-order valence-electron chi connectivity index (χ1n) is 4.31. The van der Waals surface area contributed by atoms with Gasteiger partial charge in [-0.2, -0.15) is 4.98 Å². The number of benzene rings is 1. The molecule has 3 nitrogen and oxygen atoms in total. The minimum Gasteiger partial charge on any atom is -0.432 e. The Bertz CT molecular complexity index is 456. The Morgan fingerprint density at radius 1 is 1.40 bits per heavy atom. The van der Waals surface area contributed by atoms with E-state index in [1.807, 2.05) is 12.1 Å². The van der Waals surface area contributed by atoms with E-state index in [4.69, 9.17) is 27.6 Å². The molecule has 0 saturated carbocycles. The maximum atomic E-state index is 5.83. The Kier molecular flexibility index (Phi) is 3.14. The minimum atomic E-state index is 0.334. The van der Waals surface area contributed by atoms with Crippen LogP contribution in [-0.4, -0.2) is 4.98 Å². The number of halogens is 2. The van der Waals surface area contributed by atoms with Crippen molar-refractivity contribution in [2.45, 2.75) is 5.88 Å². The lowest BCUT2D eigenvalue weighted by atomic mass is 10.3. The number of hydrogen-bond acceptors (Lipinski definition) is 3. The molecule has 15 heavy (non-hydrogen) atoms. The van der Waals surface area contributed by atoms with E-state index in [2.05, 4.69) is 10.3 Å². The maximum Gasteiger partial charge on any atom is 0.299 e. The van der Waals surface area contributed by atoms with Crippen molar-refractivity contribution >= 4 is 34.9 Å². The lowest BCUT2D eigenvalue weighted by Gasteiger charge is -2.00. The summed E-state index contributed by atoms with van der Waals surface area (Å²) in [5.74, 6) is 0.334. The van der Waals surface area contributed by atoms with Gasteiger partial charge in [0.15, 0.2) is 0 Å². The van der Waals surface area contributed by atoms with Gasteiger partial charge in [-0.25, -0.2) is 0 Å². The van der Waals surface area contributed by atoms with Crippen molar-refractivity contribution < 1.29 is 4.42 Å². The number of rotatable bonds is 3. The molecular formula is C10H8Cl2N2O. The van der Waals surface area contributed by atoms with Gasteiger partial charge < -0.3 is 9.73 Å². The van der Waals surface area contributed by atoms with Crippen molar-refractivity contribution in [3.63, 3.8) is 0 Å². The normalized spacial score (nSPS) is 10.3. The molecule has 0 radical (unpaired) electrons. The van der Waals surface area contributed by atoms with E-state index in [0.717, 1.165) is 5.69 Å². The lowest BCUT2D eigenvalue weighted by Crippen LogP contribution is -1.90. The maximum absolute atomic E-state index is 5.83. The van der Waals surface area contributed by atoms with Crippen LogP contribution in [0.2, 0.25) is 5.02 Å². The second-order valence-electron chi connectivity index (χ2n) is 2.91. The first kappa shape index (κ1) is 10.3. The van der Waals surface area contributed by atoms with E-state index >= 15 is 0 Å². The van der Waals surface area contributed by atoms with E-state index in [-0.39, 0.29) is 0 Å². The molecule has 5 heteroatoms. The number of nitrogens with zero attached hydrogens (tertiary/aromatic N) is 1. The minimum absolute atomic E-state index is 0.334. The Morgan fingerprint density at radius 2 is 2.27 bits per heavy atom. The monoisotopic (exact) mass is 242 g/mol. The Balaban J connectivity index is 2.14. The highest BCUT2D eigenvalue weighted by Gasteiger charge is 2.02. The summed E-state index contributed by atoms with van der Waals surface area (Å²) in [4.78, 5) is 4.10. The van der Waals surface area contributed by atoms with Crippen molar-refractivity contribution in [1.29, 1.82) is 0 Å². The molecule has 0 aliphatic carbocycles. The second kappa shape index (κ2) is 4.55. The van der Waals surface area contributed by atoms with Crippen LogP contribution in [0.1, 0.15) is 5.69 Å². The highest BCUT2D eigenvalue weighted by Crippen LogP contribution is 2.19. The fourth-order valence-electron chi connectivity index (χ4n) is 1.12. The van der Waals surface area contributed by atoms with Gasteiger partial charge in [-0.3, -0.25) is 0 Å². The predicted molar refractivity (Wildman–Crippen MR) is 60.8 cm³/mol. The van der Waals surface area contributed by atoms with Crippen LogP contribution in [0.3, 0.4) is 0 Å². The quantitative estimate of drug-likeness (QED) is 0.833. The van der Waals surface area contributed by atoms with E-state index < -0.39 is 0 Å². The lowest BCUT2D eigenvalue weighted by molar-refractivity contribution is 0.576. The molecule has 0 spiro atoms. The third kappa shape index (κ3) is 2.64. The molecule has 1 N–H and O–H groups in total. The number of nitrogens with one attached hydrogen (secondary N) is 1. The fourth-order valence-corrected chi connectivity index (χ4v) is 1.43. The molecule has 1 aromatic heterocycles. The van der Waals surface area contributed by atoms with Crippen LogP contribution in [-0.2, 0) is 5.88 Å². The largest absolute Gasteiger partial charge is 0.432 e. The highest BCUT2D eigenvalue weighted by molar-refractivity contribution is 6.30. The first-order chi connectivity index (χ1) is 7.28. The van der Waals surface area contributed by atoms with Crippen molar-refractivity contribution in [2.24, 2.45) is 0 Å². The Labute approximate surface area is 97.0 Å². The van der Waals surface area contributed by atoms with E-state index in [0.29, 0.717) is 22.6 Å². The average molecular weight is 243 g/mol. The SMILES string of the molecule is ClCc1coc(Nc2cccc(Cl)c2)n1. The summed E-state index contributed by atoms with van der Waals surface area (Å²) in [6.07, 6.45) is 1.51. The number of anilines is 2. The molecule has 2 rings (SSSR count). The summed E-state index contributed by atoms with van der Waals surface area (Å²) in [6, 6.07) is 7.71. The van der Waals surface area contributed by atoms with Gasteiger partial charge in [0, 0.05) is 10.7 Å². The molecule has 0 bridgehead atoms. The number of alkyl halides is 1. The van der Waals surface area contributed by atoms with Gasteiger partial charge in [0.1, 0.15) is 6.26 Å². The molecule has 0 unspecified atom stereocenters. The molecule has 1 aromatic carbocycles. The van der Waals surface area contributed by atoms with Crippen LogP contribution in [0, 0.1) is 0 Å². The molecule has 0 saturated heterocycles. The zero-order valence-corrected chi connectivity index (χ0v) is 9.22. The van der Waals surface area contributed by atoms with Crippen LogP contribution in [0.15, 0.2) is 34.9 Å². The topological polar surface area (TPSA) is 38.1 Å². The van der Waals surface area contributed by atoms with Gasteiger partial charge in [0.05, 0.1) is 11.6 Å². The second-order valence-corrected chi connectivity index (χ2v) is 3.62. The van der Waals surface area contributed by atoms with Crippen molar-refractivity contribution in [2.75, 3.05) is 5.32 Å². The van der Waals surface area contributed by atoms with Gasteiger partial charge >= 0.3 is 0 Å². The smallest absolute Gasteiger partial charge is 0.299 e. The van der Waals surface area contributed by atoms with Gasteiger partial charge in [0.2, 0.25) is 0 Å². The zero-order chi connectivity index (χ0) is 10.7. The molecule has 1 heterocycles. The van der Waals surface area contributed by atoms with Crippen LogP contribution in [0.5, 0.6) is 0 Å². The summed E-state index contributed by atoms with van der Waals surface area (Å²) >= 11 is 11.4. The molecule has 0 aliphatic rings. The summed E-state index contributed by atoms with van der Waals surface area (Å²) in [5, 5.41) is 3.64. The molecule has 0 amide bonds. The standard InChI is InChI=1S/C10H8Cl2N2O/c11-5-9-6-15-10(14-9)13-8-3-1-2-7(12)4-8/h1-4,6H,5H2,(H,13,14). The van der Waals surface area contributed by atoms with Gasteiger partial charge in [0.25, 0.3) is 6.01 Å². The van der Waals surface area contributed by atoms with Gasteiger partial charge in [-0.1, -0.05) is 17.7 Å². The van der Waals surface area contributed by atoms with E-state index in [1.165, 1.54) is 6.26 Å². The van der Waals surface area contributed by atoms with E-state index in [1.54, 1.807) is 12.1 Å². The van der Waals surface area contributed by atoms with Crippen LogP contribution >= 0.6 is 23.2 Å². The third-order valence-corrected chi connectivity index (χ3v) is 2.27. The molecule has 0 aliphatic heterocycles. The number of aromatic nitrogens is 1. The summed E-state index contributed by atoms with van der Waals surface area (Å²) in [6.45, 7) is 0. The molecule has 0 fully saturated rings.